The standard InChI is InChI=1S/C14H15F4N5O/c1-19-7-8-22(2)13(24)11-12(14(16,17)18)23(21-20-11)10-6-4-3-5-9(10)15/h3-6,19H,7-8H2,1-2H3. The molecule has 6 nitrogen and oxygen atoms in total. The van der Waals surface area contributed by atoms with E-state index in [1.807, 2.05) is 0 Å². The van der Waals surface area contributed by atoms with Gasteiger partial charge < -0.3 is 10.2 Å². The number of likely N-dealkylation sites (N-methyl/N-ethyl adjacent to an activating group) is 2. The third-order valence-corrected chi connectivity index (χ3v) is 3.27. The summed E-state index contributed by atoms with van der Waals surface area (Å²) in [5, 5.41) is 9.47. The van der Waals surface area contributed by atoms with Crippen LogP contribution in [0.5, 0.6) is 0 Å². The third-order valence-electron chi connectivity index (χ3n) is 3.27. The van der Waals surface area contributed by atoms with Crippen LogP contribution >= 0.6 is 0 Å². The Morgan fingerprint density at radius 2 is 2.00 bits per heavy atom. The van der Waals surface area contributed by atoms with Gasteiger partial charge in [0.2, 0.25) is 0 Å². The molecule has 0 radical (unpaired) electrons. The first-order valence-corrected chi connectivity index (χ1v) is 6.95. The van der Waals surface area contributed by atoms with Crippen LogP contribution in [0.2, 0.25) is 0 Å². The minimum atomic E-state index is -4.93. The molecule has 1 heterocycles. The Kier molecular flexibility index (Phi) is 5.17. The van der Waals surface area contributed by atoms with Gasteiger partial charge in [0.05, 0.1) is 0 Å². The lowest BCUT2D eigenvalue weighted by molar-refractivity contribution is -0.143. The molecule has 1 N–H and O–H groups in total. The molecule has 1 aromatic carbocycles. The van der Waals surface area contributed by atoms with Crippen molar-refractivity contribution in [3.8, 4) is 5.69 Å². The van der Waals surface area contributed by atoms with Crippen molar-refractivity contribution in [1.82, 2.24) is 25.2 Å². The Bertz CT molecular complexity index is 728. The molecule has 0 aliphatic heterocycles. The van der Waals surface area contributed by atoms with Gasteiger partial charge in [-0.15, -0.1) is 5.10 Å². The molecule has 0 spiro atoms. The van der Waals surface area contributed by atoms with Crippen molar-refractivity contribution in [1.29, 1.82) is 0 Å². The number of carbonyl (C=O) groups is 1. The minimum Gasteiger partial charge on any atom is -0.339 e. The van der Waals surface area contributed by atoms with E-state index < -0.39 is 35.0 Å². The first kappa shape index (κ1) is 17.9. The predicted octanol–water partition coefficient (Wildman–Crippen LogP) is 1.72. The molecule has 2 rings (SSSR count). The number of para-hydroxylation sites is 1. The second kappa shape index (κ2) is 6.95. The summed E-state index contributed by atoms with van der Waals surface area (Å²) in [6, 6.07) is 4.82. The van der Waals surface area contributed by atoms with Gasteiger partial charge in [0.15, 0.2) is 11.4 Å². The summed E-state index contributed by atoms with van der Waals surface area (Å²) in [6.07, 6.45) is -4.93. The monoisotopic (exact) mass is 345 g/mol. The maximum absolute atomic E-state index is 13.8. The van der Waals surface area contributed by atoms with Crippen molar-refractivity contribution in [2.75, 3.05) is 27.2 Å². The zero-order valence-corrected chi connectivity index (χ0v) is 12.9. The van der Waals surface area contributed by atoms with Gasteiger partial charge in [-0.05, 0) is 19.2 Å². The zero-order chi connectivity index (χ0) is 17.9. The number of carbonyl (C=O) groups excluding carboxylic acids is 1. The van der Waals surface area contributed by atoms with Crippen LogP contribution in [0.3, 0.4) is 0 Å². The number of nitrogens with one attached hydrogen (secondary N) is 1. The summed E-state index contributed by atoms with van der Waals surface area (Å²) in [5.41, 5.74) is -2.72. The number of rotatable bonds is 5. The summed E-state index contributed by atoms with van der Waals surface area (Å²) >= 11 is 0. The molecule has 0 saturated carbocycles. The van der Waals surface area contributed by atoms with Crippen molar-refractivity contribution in [3.63, 3.8) is 0 Å². The summed E-state index contributed by atoms with van der Waals surface area (Å²) in [4.78, 5) is 13.3. The Morgan fingerprint density at radius 3 is 2.58 bits per heavy atom. The van der Waals surface area contributed by atoms with Gasteiger partial charge in [-0.3, -0.25) is 4.79 Å². The largest absolute Gasteiger partial charge is 0.435 e. The SMILES string of the molecule is CNCCN(C)C(=O)c1nnn(-c2ccccc2F)c1C(F)(F)F. The quantitative estimate of drug-likeness (QED) is 0.838. The highest BCUT2D eigenvalue weighted by Gasteiger charge is 2.42. The fourth-order valence-electron chi connectivity index (χ4n) is 2.03. The number of benzene rings is 1. The van der Waals surface area contributed by atoms with E-state index in [9.17, 15) is 22.4 Å². The first-order valence-electron chi connectivity index (χ1n) is 6.95. The fourth-order valence-corrected chi connectivity index (χ4v) is 2.03. The summed E-state index contributed by atoms with van der Waals surface area (Å²) in [5.74, 6) is -1.85. The van der Waals surface area contributed by atoms with Gasteiger partial charge in [0.25, 0.3) is 5.91 Å². The molecule has 0 unspecified atom stereocenters. The van der Waals surface area contributed by atoms with E-state index >= 15 is 0 Å². The van der Waals surface area contributed by atoms with Gasteiger partial charge >= 0.3 is 6.18 Å². The molecule has 1 amide bonds. The molecular weight excluding hydrogens is 330 g/mol. The van der Waals surface area contributed by atoms with Crippen LogP contribution in [0, 0.1) is 5.82 Å². The highest BCUT2D eigenvalue weighted by atomic mass is 19.4. The highest BCUT2D eigenvalue weighted by Crippen LogP contribution is 2.33. The lowest BCUT2D eigenvalue weighted by Crippen LogP contribution is -2.34. The number of alkyl halides is 3. The smallest absolute Gasteiger partial charge is 0.339 e. The van der Waals surface area contributed by atoms with Crippen molar-refractivity contribution in [2.24, 2.45) is 0 Å². The van der Waals surface area contributed by atoms with Crippen LogP contribution < -0.4 is 5.32 Å². The second-order valence-electron chi connectivity index (χ2n) is 4.98. The average Bonchev–Trinajstić information content (AvgIpc) is 2.97. The second-order valence-corrected chi connectivity index (χ2v) is 4.98. The topological polar surface area (TPSA) is 63.1 Å². The van der Waals surface area contributed by atoms with E-state index in [4.69, 9.17) is 0 Å². The van der Waals surface area contributed by atoms with Crippen LogP contribution in [-0.4, -0.2) is 53.0 Å². The number of amides is 1. The molecule has 0 saturated heterocycles. The molecule has 0 aliphatic carbocycles. The fraction of sp³-hybridized carbons (Fsp3) is 0.357. The van der Waals surface area contributed by atoms with E-state index in [1.54, 1.807) is 7.05 Å². The van der Waals surface area contributed by atoms with Crippen molar-refractivity contribution >= 4 is 5.91 Å². The first-order chi connectivity index (χ1) is 11.3. The number of hydrogen-bond acceptors (Lipinski definition) is 4. The minimum absolute atomic E-state index is 0.180. The molecule has 0 atom stereocenters. The maximum Gasteiger partial charge on any atom is 0.435 e. The Hall–Kier alpha value is -2.49. The molecule has 130 valence electrons. The maximum atomic E-state index is 13.8. The van der Waals surface area contributed by atoms with Gasteiger partial charge in [0.1, 0.15) is 11.5 Å². The molecule has 0 fully saturated rings. The summed E-state index contributed by atoms with van der Waals surface area (Å²) < 4.78 is 54.4. The Balaban J connectivity index is 2.52. The van der Waals surface area contributed by atoms with Crippen molar-refractivity contribution < 1.29 is 22.4 Å². The molecule has 10 heteroatoms. The normalized spacial score (nSPS) is 11.6. The van der Waals surface area contributed by atoms with Crippen LogP contribution in [-0.2, 0) is 6.18 Å². The molecule has 2 aromatic rings. The van der Waals surface area contributed by atoms with E-state index in [1.165, 1.54) is 19.2 Å². The van der Waals surface area contributed by atoms with E-state index in [0.717, 1.165) is 17.0 Å². The number of halogens is 4. The number of hydrogen-bond donors (Lipinski definition) is 1. The lowest BCUT2D eigenvalue weighted by atomic mass is 10.2. The van der Waals surface area contributed by atoms with Gasteiger partial charge in [0, 0.05) is 20.1 Å². The van der Waals surface area contributed by atoms with Crippen LogP contribution in [0.1, 0.15) is 16.2 Å². The molecule has 0 aliphatic rings. The predicted molar refractivity (Wildman–Crippen MR) is 77.2 cm³/mol. The van der Waals surface area contributed by atoms with Crippen molar-refractivity contribution in [3.05, 3.63) is 41.5 Å². The average molecular weight is 345 g/mol. The van der Waals surface area contributed by atoms with E-state index in [-0.39, 0.29) is 6.54 Å². The Morgan fingerprint density at radius 1 is 1.33 bits per heavy atom. The lowest BCUT2D eigenvalue weighted by Gasteiger charge is -2.17. The van der Waals surface area contributed by atoms with Gasteiger partial charge in [-0.2, -0.15) is 13.2 Å². The molecule has 1 aromatic heterocycles. The Labute approximate surface area is 135 Å². The molecule has 0 bridgehead atoms. The molecule has 24 heavy (non-hydrogen) atoms. The zero-order valence-electron chi connectivity index (χ0n) is 12.9. The van der Waals surface area contributed by atoms with Crippen LogP contribution in [0.4, 0.5) is 17.6 Å². The highest BCUT2D eigenvalue weighted by molar-refractivity contribution is 5.93. The number of aromatic nitrogens is 3. The van der Waals surface area contributed by atoms with Crippen molar-refractivity contribution in [2.45, 2.75) is 6.18 Å². The summed E-state index contributed by atoms with van der Waals surface area (Å²) in [7, 11) is 3.00. The summed E-state index contributed by atoms with van der Waals surface area (Å²) in [6.45, 7) is 0.574. The van der Waals surface area contributed by atoms with Crippen LogP contribution in [0.15, 0.2) is 24.3 Å². The molecular formula is C14H15F4N5O. The van der Waals surface area contributed by atoms with E-state index in [0.29, 0.717) is 11.2 Å². The van der Waals surface area contributed by atoms with E-state index in [2.05, 4.69) is 15.6 Å². The van der Waals surface area contributed by atoms with Crippen LogP contribution in [0.25, 0.3) is 5.69 Å². The van der Waals surface area contributed by atoms with Gasteiger partial charge in [-0.25, -0.2) is 9.07 Å². The number of nitrogens with zero attached hydrogens (tertiary/aromatic N) is 4. The van der Waals surface area contributed by atoms with Gasteiger partial charge in [-0.1, -0.05) is 17.3 Å². The third kappa shape index (κ3) is 3.53.